The van der Waals surface area contributed by atoms with Gasteiger partial charge in [0.15, 0.2) is 20.8 Å². The van der Waals surface area contributed by atoms with E-state index in [2.05, 4.69) is 85.7 Å². The van der Waals surface area contributed by atoms with E-state index in [1.54, 1.807) is 73.3 Å². The van der Waals surface area contributed by atoms with Crippen LogP contribution in [0.5, 0.6) is 11.5 Å². The van der Waals surface area contributed by atoms with Crippen LogP contribution in [0.3, 0.4) is 0 Å². The van der Waals surface area contributed by atoms with Gasteiger partial charge in [-0.1, -0.05) is 47.0 Å². The number of H-pyrrole nitrogens is 1. The summed E-state index contributed by atoms with van der Waals surface area (Å²) in [6.45, 7) is 5.61. The summed E-state index contributed by atoms with van der Waals surface area (Å²) in [6, 6.07) is 24.8. The van der Waals surface area contributed by atoms with Crippen molar-refractivity contribution in [2.75, 3.05) is 65.7 Å². The number of benzene rings is 3. The van der Waals surface area contributed by atoms with Crippen molar-refractivity contribution in [3.8, 4) is 17.2 Å². The lowest BCUT2D eigenvalue weighted by atomic mass is 10.1. The molecule has 0 atom stereocenters. The van der Waals surface area contributed by atoms with E-state index in [-0.39, 0.29) is 50.3 Å². The molecule has 3 fully saturated rings. The normalized spacial score (nSPS) is 14.8. The number of aliphatic hydroxyl groups is 1. The van der Waals surface area contributed by atoms with E-state index in [9.17, 15) is 73.5 Å². The van der Waals surface area contributed by atoms with Crippen LogP contribution in [0.4, 0.5) is 59.8 Å². The maximum atomic E-state index is 14.8. The molecule has 3 aromatic carbocycles. The molecular formula is C72H67Cl3F11N17O9S4. The average molecular weight is 1760 g/mol. The summed E-state index contributed by atoms with van der Waals surface area (Å²) in [5, 5.41) is 27.2. The van der Waals surface area contributed by atoms with Crippen molar-refractivity contribution in [2.24, 2.45) is 5.73 Å². The number of nitrogens with one attached hydrogen (secondary N) is 4. The van der Waals surface area contributed by atoms with Crippen LogP contribution in [-0.2, 0) is 36.8 Å². The predicted molar refractivity (Wildman–Crippen MR) is 412 cm³/mol. The van der Waals surface area contributed by atoms with E-state index in [1.807, 2.05) is 26.2 Å². The Hall–Kier alpha value is -9.60. The number of halogens is 14. The smallest absolute Gasteiger partial charge is 0.357 e. The third-order valence-electron chi connectivity index (χ3n) is 17.6. The third-order valence-corrected chi connectivity index (χ3v) is 22.5. The first kappa shape index (κ1) is 88.8. The maximum absolute atomic E-state index is 14.8. The number of fused-ring (bicyclic) bond motifs is 4. The minimum atomic E-state index is -5.02. The summed E-state index contributed by atoms with van der Waals surface area (Å²) < 4.78 is 229. The number of rotatable bonds is 13. The molecule has 0 saturated carbocycles. The van der Waals surface area contributed by atoms with Crippen molar-refractivity contribution >= 4 is 132 Å². The second-order valence-corrected chi connectivity index (χ2v) is 32.5. The Balaban J connectivity index is 0.000000157. The molecule has 0 aliphatic carbocycles. The number of aliphatic hydroxyl groups excluding tert-OH is 1. The predicted octanol–water partition coefficient (Wildman–Crippen LogP) is 13.0. The number of nitrogens with zero attached hydrogens (tertiary/aromatic N) is 12. The topological polar surface area (TPSA) is 348 Å². The van der Waals surface area contributed by atoms with Gasteiger partial charge in [-0.05, 0) is 172 Å². The van der Waals surface area contributed by atoms with Gasteiger partial charge in [0.2, 0.25) is 63.9 Å². The van der Waals surface area contributed by atoms with Crippen molar-refractivity contribution in [1.29, 1.82) is 0 Å². The Morgan fingerprint density at radius 2 is 0.931 bits per heavy atom. The number of anilines is 2. The van der Waals surface area contributed by atoms with Gasteiger partial charge in [-0.2, -0.15) is 31.1 Å². The summed E-state index contributed by atoms with van der Waals surface area (Å²) >= 11 is 22.2. The van der Waals surface area contributed by atoms with Crippen LogP contribution in [-0.4, -0.2) is 178 Å². The number of sulfonamides is 2. The fourth-order valence-electron chi connectivity index (χ4n) is 11.2. The van der Waals surface area contributed by atoms with Gasteiger partial charge in [-0.15, -0.1) is 0 Å². The van der Waals surface area contributed by atoms with Gasteiger partial charge in [-0.3, -0.25) is 0 Å². The standard InChI is InChI=1S/C24H26FN7O3S.C14H4ClF5N2O3S.C14H17ClN4O2S.C8H5ClN2S.C6HF5O.C6H14N2/c1-31-9-6-17(7-10-31)30-36(34,35)24-5-2-16-14-26-23(13-22(16)28-24)27-21-4-3-19(12-20(21)25)32-11-8-18(15-33)29-32;15-7-3-6-5(4-21-7)1-2-8(22-6)26(23,24)25-14-12(19)10(17)9(16)11(18)13(14)20;1-19-6-4-11(5-7-19)18-22(20,21)14-3-2-10-9-16-13(15)8-12(10)17-14;9-7-3-6-5(4-10-7)1-2-8(12)11-6;7-1-2(8)4(10)6(12)5(11)3(1)9;1-8-4-2-6(7)3-5-8/h2-5,8,11-14,17,30,33H,6-7,9-10,15H2,1H3,(H,26,27);1-4H;2-3,8-9,11,18H,4-7H2,1H3;1-4H,(H,11,12);12H;6H,2-5,7H2,1H3. The highest BCUT2D eigenvalue weighted by Crippen LogP contribution is 2.33. The number of aromatic hydroxyl groups is 1. The van der Waals surface area contributed by atoms with Crippen molar-refractivity contribution in [1.82, 2.24) is 73.8 Å². The van der Waals surface area contributed by atoms with Crippen LogP contribution >= 0.6 is 47.0 Å². The zero-order chi connectivity index (χ0) is 84.3. The van der Waals surface area contributed by atoms with E-state index < -0.39 is 111 Å². The van der Waals surface area contributed by atoms with Gasteiger partial charge < -0.3 is 45.1 Å². The van der Waals surface area contributed by atoms with E-state index in [1.165, 1.54) is 67.1 Å². The number of hydrogen-bond acceptors (Lipinski definition) is 23. The van der Waals surface area contributed by atoms with Crippen molar-refractivity contribution in [3.63, 3.8) is 0 Å². The van der Waals surface area contributed by atoms with Crippen LogP contribution in [0.15, 0.2) is 143 Å². The van der Waals surface area contributed by atoms with Crippen molar-refractivity contribution < 1.29 is 87.9 Å². The molecule has 3 aliphatic heterocycles. The molecule has 3 saturated heterocycles. The molecule has 0 amide bonds. The number of hydrogen-bond donors (Lipinski definition) is 7. The molecule has 616 valence electrons. The Morgan fingerprint density at radius 1 is 0.517 bits per heavy atom. The number of pyridine rings is 8. The fourth-order valence-corrected chi connectivity index (χ4v) is 15.3. The Bertz CT molecular complexity index is 5880. The second-order valence-electron chi connectivity index (χ2n) is 26.1. The molecule has 44 heteroatoms. The molecule has 0 bridgehead atoms. The molecule has 0 unspecified atom stereocenters. The number of piperidine rings is 3. The number of phenols is 1. The fraction of sp³-hybridized carbons (Fsp3) is 0.264. The molecule has 9 aromatic heterocycles. The minimum Gasteiger partial charge on any atom is -0.503 e. The first-order valence-electron chi connectivity index (χ1n) is 34.4. The number of aromatic nitrogens is 10. The minimum absolute atomic E-state index is 0.0137. The summed E-state index contributed by atoms with van der Waals surface area (Å²) in [5.74, 6) is -27.1. The van der Waals surface area contributed by atoms with Gasteiger partial charge >= 0.3 is 10.1 Å². The van der Waals surface area contributed by atoms with Crippen LogP contribution in [0.1, 0.15) is 44.2 Å². The highest BCUT2D eigenvalue weighted by molar-refractivity contribution is 7.89. The average Bonchev–Trinajstić information content (AvgIpc) is 0.932. The second kappa shape index (κ2) is 38.7. The summed E-state index contributed by atoms with van der Waals surface area (Å²) in [7, 11) is -6.23. The Morgan fingerprint density at radius 3 is 1.40 bits per heavy atom. The van der Waals surface area contributed by atoms with E-state index in [4.69, 9.17) is 63.0 Å². The van der Waals surface area contributed by atoms with Crippen LogP contribution in [0.2, 0.25) is 15.5 Å². The zero-order valence-corrected chi connectivity index (χ0v) is 66.2. The molecule has 26 nitrogen and oxygen atoms in total. The first-order chi connectivity index (χ1) is 54.9. The summed E-state index contributed by atoms with van der Waals surface area (Å²) in [5.41, 5.74) is 8.74. The van der Waals surface area contributed by atoms with E-state index in [0.717, 1.165) is 74.2 Å². The van der Waals surface area contributed by atoms with Gasteiger partial charge in [0.25, 0.3) is 20.0 Å². The lowest BCUT2D eigenvalue weighted by Gasteiger charge is -2.29. The molecule has 116 heavy (non-hydrogen) atoms. The molecular weight excluding hydrogens is 1690 g/mol. The lowest BCUT2D eigenvalue weighted by molar-refractivity contribution is 0.248. The monoisotopic (exact) mass is 1760 g/mol. The quantitative estimate of drug-likeness (QED) is 0.0141. The van der Waals surface area contributed by atoms with Gasteiger partial charge in [0.1, 0.15) is 31.7 Å². The first-order valence-corrected chi connectivity index (χ1v) is 40.3. The Labute approximate surface area is 674 Å². The van der Waals surface area contributed by atoms with Crippen molar-refractivity contribution in [2.45, 2.75) is 78.3 Å². The highest BCUT2D eigenvalue weighted by Gasteiger charge is 2.33. The molecule has 12 heterocycles. The van der Waals surface area contributed by atoms with Crippen LogP contribution < -0.4 is 24.7 Å². The summed E-state index contributed by atoms with van der Waals surface area (Å²) in [4.78, 5) is 37.9. The highest BCUT2D eigenvalue weighted by atomic mass is 35.5. The molecule has 8 N–H and O–H groups in total. The molecule has 15 rings (SSSR count). The lowest BCUT2D eigenvalue weighted by Crippen LogP contribution is -2.43. The number of likely N-dealkylation sites (tertiary alicyclic amines) is 3. The number of nitrogens with two attached hydrogens (primary N) is 1. The van der Waals surface area contributed by atoms with Gasteiger partial charge in [0.05, 0.1) is 45.7 Å². The zero-order valence-electron chi connectivity index (χ0n) is 60.7. The van der Waals surface area contributed by atoms with Gasteiger partial charge in [0, 0.05) is 94.9 Å². The molecule has 3 aliphatic rings. The Kier molecular flexibility index (Phi) is 29.6. The largest absolute Gasteiger partial charge is 0.503 e. The van der Waals surface area contributed by atoms with Crippen molar-refractivity contribution in [3.05, 3.63) is 218 Å². The number of phenolic OH excluding ortho intramolecular Hbond substituents is 1. The number of aromatic amines is 1. The SMILES string of the molecule is CN1CCC(N)CC1.CN1CCC(NS(=O)(=O)c2ccc3cnc(Cl)cc3n2)CC1.CN1CCC(NS(=O)(=O)c2ccc3cnc(Nc4ccc(-n5ccc(CO)n5)cc4F)cc3n2)CC1.O=S(=O)(Oc1c(F)c(F)c(F)c(F)c1F)c1ccc2cnc(Cl)cc2n1.Oc1c(F)c(F)c(F)c(F)c1F.S=c1ccc2cnc(Cl)cc2[nH]1. The molecule has 0 spiro atoms. The summed E-state index contributed by atoms with van der Waals surface area (Å²) in [6.07, 6.45) is 13.2. The van der Waals surface area contributed by atoms with Crippen LogP contribution in [0, 0.1) is 68.6 Å². The van der Waals surface area contributed by atoms with E-state index >= 15 is 0 Å². The van der Waals surface area contributed by atoms with E-state index in [0.29, 0.717) is 54.8 Å². The van der Waals surface area contributed by atoms with Gasteiger partial charge in [-0.25, -0.2) is 96.6 Å². The maximum Gasteiger partial charge on any atom is 0.357 e. The third kappa shape index (κ3) is 22.8. The molecule has 12 aromatic rings. The molecule has 0 radical (unpaired) electrons. The van der Waals surface area contributed by atoms with Crippen LogP contribution in [0.25, 0.3) is 49.3 Å².